The smallest absolute Gasteiger partial charge is 0.338 e. The normalized spacial score (nSPS) is 14.1. The van der Waals surface area contributed by atoms with Crippen molar-refractivity contribution in [3.8, 4) is 0 Å². The van der Waals surface area contributed by atoms with E-state index in [0.29, 0.717) is 11.5 Å². The van der Waals surface area contributed by atoms with Gasteiger partial charge in [-0.3, -0.25) is 4.79 Å². The lowest BCUT2D eigenvalue weighted by Gasteiger charge is -2.13. The van der Waals surface area contributed by atoms with Crippen LogP contribution in [0.25, 0.3) is 0 Å². The molecular formula is C14H15BrO4. The van der Waals surface area contributed by atoms with E-state index >= 15 is 0 Å². The van der Waals surface area contributed by atoms with Crippen molar-refractivity contribution in [1.29, 1.82) is 0 Å². The van der Waals surface area contributed by atoms with E-state index in [4.69, 9.17) is 9.47 Å². The minimum Gasteiger partial charge on any atom is -0.465 e. The van der Waals surface area contributed by atoms with E-state index in [2.05, 4.69) is 15.9 Å². The van der Waals surface area contributed by atoms with Gasteiger partial charge in [0.25, 0.3) is 0 Å². The van der Waals surface area contributed by atoms with Crippen molar-refractivity contribution >= 4 is 27.9 Å². The first-order chi connectivity index (χ1) is 9.04. The van der Waals surface area contributed by atoms with Gasteiger partial charge in [0.1, 0.15) is 6.61 Å². The van der Waals surface area contributed by atoms with E-state index < -0.39 is 0 Å². The standard InChI is InChI=1S/C14H15BrO4/c1-8(16)19-7-10-5-6-11(14(17)18-2)12(13(10)15)9-3-4-9/h5-6,9H,3-4,7H2,1-2H3. The molecule has 0 bridgehead atoms. The number of rotatable bonds is 4. The monoisotopic (exact) mass is 326 g/mol. The summed E-state index contributed by atoms with van der Waals surface area (Å²) in [6.45, 7) is 1.58. The molecule has 19 heavy (non-hydrogen) atoms. The fourth-order valence-corrected chi connectivity index (χ4v) is 2.77. The van der Waals surface area contributed by atoms with Crippen LogP contribution in [0.5, 0.6) is 0 Å². The van der Waals surface area contributed by atoms with Gasteiger partial charge in [-0.2, -0.15) is 0 Å². The third-order valence-electron chi connectivity index (χ3n) is 3.08. The molecule has 0 aromatic heterocycles. The van der Waals surface area contributed by atoms with Crippen LogP contribution >= 0.6 is 15.9 Å². The predicted molar refractivity (Wildman–Crippen MR) is 72.9 cm³/mol. The van der Waals surface area contributed by atoms with Crippen LogP contribution in [0.15, 0.2) is 16.6 Å². The van der Waals surface area contributed by atoms with Gasteiger partial charge in [0, 0.05) is 17.0 Å². The lowest BCUT2D eigenvalue weighted by atomic mass is 10.0. The van der Waals surface area contributed by atoms with Crippen LogP contribution in [0.3, 0.4) is 0 Å². The van der Waals surface area contributed by atoms with E-state index in [0.717, 1.165) is 28.4 Å². The maximum absolute atomic E-state index is 11.8. The van der Waals surface area contributed by atoms with Crippen molar-refractivity contribution in [1.82, 2.24) is 0 Å². The van der Waals surface area contributed by atoms with Gasteiger partial charge < -0.3 is 9.47 Å². The largest absolute Gasteiger partial charge is 0.465 e. The highest BCUT2D eigenvalue weighted by Gasteiger charge is 2.31. The Labute approximate surface area is 120 Å². The number of methoxy groups -OCH3 is 1. The Bertz CT molecular complexity index is 520. The van der Waals surface area contributed by atoms with E-state index in [1.807, 2.05) is 0 Å². The molecule has 0 amide bonds. The zero-order valence-corrected chi connectivity index (χ0v) is 12.5. The van der Waals surface area contributed by atoms with Crippen LogP contribution in [0.4, 0.5) is 0 Å². The van der Waals surface area contributed by atoms with Gasteiger partial charge in [0.15, 0.2) is 0 Å². The summed E-state index contributed by atoms with van der Waals surface area (Å²) in [6.07, 6.45) is 2.14. The summed E-state index contributed by atoms with van der Waals surface area (Å²) in [7, 11) is 1.37. The molecule has 1 fully saturated rings. The number of halogens is 1. The first kappa shape index (κ1) is 14.1. The highest BCUT2D eigenvalue weighted by atomic mass is 79.9. The number of hydrogen-bond donors (Lipinski definition) is 0. The van der Waals surface area contributed by atoms with E-state index in [1.165, 1.54) is 14.0 Å². The van der Waals surface area contributed by atoms with Crippen molar-refractivity contribution in [2.24, 2.45) is 0 Å². The molecule has 0 radical (unpaired) electrons. The Kier molecular flexibility index (Phi) is 4.24. The van der Waals surface area contributed by atoms with Crippen molar-refractivity contribution < 1.29 is 19.1 Å². The second-order valence-electron chi connectivity index (χ2n) is 4.55. The van der Waals surface area contributed by atoms with Gasteiger partial charge in [-0.15, -0.1) is 0 Å². The fourth-order valence-electron chi connectivity index (χ4n) is 1.99. The van der Waals surface area contributed by atoms with Crippen LogP contribution in [0, 0.1) is 0 Å². The zero-order chi connectivity index (χ0) is 14.0. The third kappa shape index (κ3) is 3.15. The highest BCUT2D eigenvalue weighted by molar-refractivity contribution is 9.10. The maximum Gasteiger partial charge on any atom is 0.338 e. The fraction of sp³-hybridized carbons (Fsp3) is 0.429. The van der Waals surface area contributed by atoms with Crippen LogP contribution < -0.4 is 0 Å². The van der Waals surface area contributed by atoms with Gasteiger partial charge in [-0.05, 0) is 30.4 Å². The summed E-state index contributed by atoms with van der Waals surface area (Å²) in [4.78, 5) is 22.6. The van der Waals surface area contributed by atoms with Crippen molar-refractivity contribution in [3.63, 3.8) is 0 Å². The molecule has 2 rings (SSSR count). The molecule has 1 aliphatic rings. The summed E-state index contributed by atoms with van der Waals surface area (Å²) < 4.78 is 10.7. The Morgan fingerprint density at radius 3 is 2.58 bits per heavy atom. The second kappa shape index (κ2) is 5.74. The molecule has 0 N–H and O–H groups in total. The summed E-state index contributed by atoms with van der Waals surface area (Å²) in [5.74, 6) is -0.265. The molecule has 0 aliphatic heterocycles. The van der Waals surface area contributed by atoms with E-state index in [1.54, 1.807) is 12.1 Å². The Balaban J connectivity index is 2.36. The minimum atomic E-state index is -0.332. The van der Waals surface area contributed by atoms with Crippen molar-refractivity contribution in [3.05, 3.63) is 33.3 Å². The third-order valence-corrected chi connectivity index (χ3v) is 4.02. The Morgan fingerprint density at radius 1 is 1.37 bits per heavy atom. The van der Waals surface area contributed by atoms with Gasteiger partial charge in [-0.25, -0.2) is 4.79 Å². The number of hydrogen-bond acceptors (Lipinski definition) is 4. The van der Waals surface area contributed by atoms with Gasteiger partial charge in [-0.1, -0.05) is 22.0 Å². The number of carbonyl (C=O) groups excluding carboxylic acids is 2. The van der Waals surface area contributed by atoms with Gasteiger partial charge in [0.05, 0.1) is 12.7 Å². The average molecular weight is 327 g/mol. The number of benzene rings is 1. The topological polar surface area (TPSA) is 52.6 Å². The molecule has 1 saturated carbocycles. The van der Waals surface area contributed by atoms with Gasteiger partial charge >= 0.3 is 11.9 Å². The predicted octanol–water partition coefficient (Wildman–Crippen LogP) is 3.18. The maximum atomic E-state index is 11.8. The molecule has 0 atom stereocenters. The summed E-state index contributed by atoms with van der Waals surface area (Å²) in [5, 5.41) is 0. The molecule has 5 heteroatoms. The van der Waals surface area contributed by atoms with Crippen LogP contribution in [0.2, 0.25) is 0 Å². The molecule has 102 valence electrons. The summed E-state index contributed by atoms with van der Waals surface area (Å²) >= 11 is 3.52. The number of esters is 2. The van der Waals surface area contributed by atoms with Gasteiger partial charge in [0.2, 0.25) is 0 Å². The SMILES string of the molecule is COC(=O)c1ccc(COC(C)=O)c(Br)c1C1CC1. The Morgan fingerprint density at radius 2 is 2.05 bits per heavy atom. The zero-order valence-electron chi connectivity index (χ0n) is 10.9. The average Bonchev–Trinajstić information content (AvgIpc) is 3.20. The molecule has 1 aliphatic carbocycles. The summed E-state index contributed by atoms with van der Waals surface area (Å²) in [5.41, 5.74) is 2.42. The molecule has 0 saturated heterocycles. The quantitative estimate of drug-likeness (QED) is 0.797. The van der Waals surface area contributed by atoms with Crippen LogP contribution in [-0.4, -0.2) is 19.0 Å². The van der Waals surface area contributed by atoms with Crippen LogP contribution in [-0.2, 0) is 20.9 Å². The highest BCUT2D eigenvalue weighted by Crippen LogP contribution is 2.46. The van der Waals surface area contributed by atoms with Crippen molar-refractivity contribution in [2.45, 2.75) is 32.3 Å². The Hall–Kier alpha value is -1.36. The van der Waals surface area contributed by atoms with Crippen molar-refractivity contribution in [2.75, 3.05) is 7.11 Å². The minimum absolute atomic E-state index is 0.205. The van der Waals surface area contributed by atoms with Crippen LogP contribution in [0.1, 0.15) is 47.2 Å². The summed E-state index contributed by atoms with van der Waals surface area (Å²) in [6, 6.07) is 3.52. The first-order valence-corrected chi connectivity index (χ1v) is 6.86. The molecule has 1 aromatic carbocycles. The molecule has 1 aromatic rings. The molecule has 0 unspecified atom stereocenters. The second-order valence-corrected chi connectivity index (χ2v) is 5.34. The lowest BCUT2D eigenvalue weighted by Crippen LogP contribution is -2.08. The van der Waals surface area contributed by atoms with E-state index in [-0.39, 0.29) is 18.5 Å². The first-order valence-electron chi connectivity index (χ1n) is 6.07. The molecule has 0 spiro atoms. The lowest BCUT2D eigenvalue weighted by molar-refractivity contribution is -0.142. The molecule has 0 heterocycles. The molecule has 4 nitrogen and oxygen atoms in total. The number of ether oxygens (including phenoxy) is 2. The van der Waals surface area contributed by atoms with E-state index in [9.17, 15) is 9.59 Å². The molecular weight excluding hydrogens is 312 g/mol. The number of carbonyl (C=O) groups is 2.